The van der Waals surface area contributed by atoms with Gasteiger partial charge in [-0.3, -0.25) is 0 Å². The van der Waals surface area contributed by atoms with Crippen molar-refractivity contribution in [3.8, 4) is 0 Å². The van der Waals surface area contributed by atoms with Crippen molar-refractivity contribution >= 4 is 45.4 Å². The lowest BCUT2D eigenvalue weighted by molar-refractivity contribution is -0.360. The molecule has 10 nitrogen and oxygen atoms in total. The first-order valence-corrected chi connectivity index (χ1v) is 20.1. The van der Waals surface area contributed by atoms with Gasteiger partial charge in [-0.2, -0.15) is 0 Å². The first kappa shape index (κ1) is 40.9. The highest BCUT2D eigenvalue weighted by molar-refractivity contribution is 6.13. The maximum atomic E-state index is 13.7. The van der Waals surface area contributed by atoms with Crippen LogP contribution in [-0.2, 0) is 54.4 Å². The molecule has 0 N–H and O–H groups in total. The predicted molar refractivity (Wildman–Crippen MR) is 214 cm³/mol. The van der Waals surface area contributed by atoms with E-state index in [1.807, 2.05) is 0 Å². The third-order valence-corrected chi connectivity index (χ3v) is 11.5. The number of ether oxygens (including phenoxy) is 4. The second-order valence-corrected chi connectivity index (χ2v) is 14.8. The molecule has 0 fully saturated rings. The molecule has 1 aliphatic carbocycles. The van der Waals surface area contributed by atoms with E-state index < -0.39 is 36.1 Å². The second kappa shape index (κ2) is 17.6. The Morgan fingerprint density at radius 3 is 0.821 bits per heavy atom. The summed E-state index contributed by atoms with van der Waals surface area (Å²) in [4.78, 5) is 67.0. The average Bonchev–Trinajstić information content (AvgIpc) is 3.23. The molecular weight excluding hydrogens is 712 g/mol. The summed E-state index contributed by atoms with van der Waals surface area (Å²) < 4.78 is 21.3. The number of unbranched alkanes of at least 4 members (excludes halogenated alkanes) is 4. The van der Waals surface area contributed by atoms with Crippen molar-refractivity contribution in [3.05, 3.63) is 91.0 Å². The Labute approximate surface area is 329 Å². The van der Waals surface area contributed by atoms with Crippen molar-refractivity contribution < 1.29 is 47.9 Å². The van der Waals surface area contributed by atoms with Crippen LogP contribution in [0, 0.1) is 0 Å². The predicted octanol–water partition coefficient (Wildman–Crippen LogP) is 9.96. The summed E-state index contributed by atoms with van der Waals surface area (Å²) in [7, 11) is 5.35. The molecule has 2 heterocycles. The lowest BCUT2D eigenvalue weighted by atomic mass is 9.75. The highest BCUT2D eigenvalue weighted by Gasteiger charge is 2.43. The molecule has 3 aliphatic rings. The SMILES string of the molecule is CCCCc1c(C(=O)OC)c(C(=O)OC)c(CCCC)c2cc3c(cc12)C1OOC3c2cc3c(CCCC)c(C(=O)OC)c(C(=O)OC)c(CCCC)c3cc21. The maximum Gasteiger partial charge on any atom is 0.339 e. The normalized spacial score (nSPS) is 15.4. The smallest absolute Gasteiger partial charge is 0.339 e. The monoisotopic (exact) mass is 766 g/mol. The van der Waals surface area contributed by atoms with Gasteiger partial charge in [-0.1, -0.05) is 53.4 Å². The minimum absolute atomic E-state index is 0.257. The summed E-state index contributed by atoms with van der Waals surface area (Å²) in [6, 6.07) is 8.43. The zero-order valence-corrected chi connectivity index (χ0v) is 34.0. The van der Waals surface area contributed by atoms with Crippen LogP contribution >= 0.6 is 0 Å². The van der Waals surface area contributed by atoms with Gasteiger partial charge in [-0.05, 0) is 142 Å². The summed E-state index contributed by atoms with van der Waals surface area (Å²) in [6.07, 6.45) is 7.68. The zero-order chi connectivity index (χ0) is 40.3. The number of benzene rings is 4. The number of methoxy groups -OCH3 is 4. The number of carbonyl (C=O) groups is 4. The van der Waals surface area contributed by atoms with E-state index in [1.165, 1.54) is 28.4 Å². The molecule has 56 heavy (non-hydrogen) atoms. The van der Waals surface area contributed by atoms with Crippen LogP contribution in [0.5, 0.6) is 0 Å². The summed E-state index contributed by atoms with van der Waals surface area (Å²) in [6.45, 7) is 8.36. The Morgan fingerprint density at radius 2 is 0.643 bits per heavy atom. The van der Waals surface area contributed by atoms with Gasteiger partial charge in [-0.15, -0.1) is 0 Å². The van der Waals surface area contributed by atoms with E-state index >= 15 is 0 Å². The van der Waals surface area contributed by atoms with Crippen LogP contribution in [0.25, 0.3) is 21.5 Å². The molecule has 298 valence electrons. The molecule has 0 saturated carbocycles. The summed E-state index contributed by atoms with van der Waals surface area (Å²) in [5.74, 6) is -2.29. The molecule has 2 bridgehead atoms. The molecule has 0 radical (unpaired) electrons. The second-order valence-electron chi connectivity index (χ2n) is 14.8. The molecule has 4 aromatic carbocycles. The van der Waals surface area contributed by atoms with Crippen molar-refractivity contribution in [2.45, 2.75) is 117 Å². The van der Waals surface area contributed by atoms with Gasteiger partial charge < -0.3 is 18.9 Å². The van der Waals surface area contributed by atoms with E-state index in [0.717, 1.165) is 117 Å². The molecular formula is C46H54O10. The van der Waals surface area contributed by atoms with Crippen LogP contribution in [0.1, 0.15) is 177 Å². The fourth-order valence-electron chi connectivity index (χ4n) is 8.73. The fourth-order valence-corrected chi connectivity index (χ4v) is 8.73. The number of hydrogen-bond donors (Lipinski definition) is 0. The highest BCUT2D eigenvalue weighted by Crippen LogP contribution is 2.53. The van der Waals surface area contributed by atoms with E-state index in [-0.39, 0.29) is 22.3 Å². The van der Waals surface area contributed by atoms with Gasteiger partial charge >= 0.3 is 23.9 Å². The van der Waals surface area contributed by atoms with Crippen LogP contribution < -0.4 is 0 Å². The Morgan fingerprint density at radius 1 is 0.429 bits per heavy atom. The average molecular weight is 767 g/mol. The van der Waals surface area contributed by atoms with Crippen molar-refractivity contribution in [2.75, 3.05) is 28.4 Å². The van der Waals surface area contributed by atoms with Crippen LogP contribution in [0.4, 0.5) is 0 Å². The summed E-state index contributed by atoms with van der Waals surface area (Å²) >= 11 is 0. The van der Waals surface area contributed by atoms with E-state index in [0.29, 0.717) is 25.7 Å². The lowest BCUT2D eigenvalue weighted by Gasteiger charge is -2.40. The largest absolute Gasteiger partial charge is 0.465 e. The van der Waals surface area contributed by atoms with Crippen LogP contribution in [0.2, 0.25) is 0 Å². The molecule has 0 amide bonds. The number of rotatable bonds is 16. The first-order valence-electron chi connectivity index (χ1n) is 20.1. The van der Waals surface area contributed by atoms with Gasteiger partial charge in [0.15, 0.2) is 0 Å². The minimum Gasteiger partial charge on any atom is -0.465 e. The first-order chi connectivity index (χ1) is 27.1. The Balaban J connectivity index is 1.72. The third kappa shape index (κ3) is 6.95. The van der Waals surface area contributed by atoms with Crippen molar-refractivity contribution in [3.63, 3.8) is 0 Å². The minimum atomic E-state index is -0.626. The number of hydrogen-bond acceptors (Lipinski definition) is 10. The Kier molecular flexibility index (Phi) is 12.8. The van der Waals surface area contributed by atoms with E-state index in [2.05, 4.69) is 52.0 Å². The van der Waals surface area contributed by atoms with Gasteiger partial charge in [-0.25, -0.2) is 29.0 Å². The van der Waals surface area contributed by atoms with Crippen LogP contribution in [0.3, 0.4) is 0 Å². The quantitative estimate of drug-likeness (QED) is 0.0618. The molecule has 4 aromatic rings. The molecule has 0 spiro atoms. The third-order valence-electron chi connectivity index (χ3n) is 11.5. The molecule has 10 heteroatoms. The standard InChI is InChI=1S/C46H54O10/c1-9-13-17-25-29-21-33-34(22-30(29)26(18-14-10-2)38(44(48)52-6)37(25)43(47)51-5)42-36-24-32-28(20-16-12-4)40(46(50)54-8)39(45(49)53-7)27(19-15-11-3)31(32)23-35(36)41(33)55-56-42/h21-24,41-42H,9-20H2,1-8H3. The molecule has 7 rings (SSSR count). The number of esters is 4. The molecule has 0 atom stereocenters. The summed E-state index contributed by atoms with van der Waals surface area (Å²) in [5.41, 5.74) is 7.64. The van der Waals surface area contributed by atoms with Gasteiger partial charge in [0.1, 0.15) is 12.2 Å². The number of aryl methyl sites for hydroxylation is 4. The van der Waals surface area contributed by atoms with E-state index in [1.54, 1.807) is 0 Å². The van der Waals surface area contributed by atoms with Crippen molar-refractivity contribution in [2.24, 2.45) is 0 Å². The van der Waals surface area contributed by atoms with Gasteiger partial charge in [0.25, 0.3) is 0 Å². The maximum absolute atomic E-state index is 13.7. The van der Waals surface area contributed by atoms with Gasteiger partial charge in [0, 0.05) is 0 Å². The van der Waals surface area contributed by atoms with E-state index in [4.69, 9.17) is 28.7 Å². The van der Waals surface area contributed by atoms with E-state index in [9.17, 15) is 19.2 Å². The molecule has 0 saturated heterocycles. The lowest BCUT2D eigenvalue weighted by Crippen LogP contribution is -2.29. The molecule has 0 aromatic heterocycles. The van der Waals surface area contributed by atoms with Gasteiger partial charge in [0.05, 0.1) is 50.7 Å². The topological polar surface area (TPSA) is 124 Å². The Bertz CT molecular complexity index is 1890. The Hall–Kier alpha value is -4.80. The number of fused-ring (bicyclic) bond motifs is 3. The molecule has 2 aliphatic heterocycles. The number of carbonyl (C=O) groups excluding carboxylic acids is 4. The highest BCUT2D eigenvalue weighted by atomic mass is 17.2. The van der Waals surface area contributed by atoms with Gasteiger partial charge in [0.2, 0.25) is 0 Å². The molecule has 0 unspecified atom stereocenters. The fraction of sp³-hybridized carbons (Fsp3) is 0.478. The zero-order valence-electron chi connectivity index (χ0n) is 34.0. The van der Waals surface area contributed by atoms with Crippen molar-refractivity contribution in [1.82, 2.24) is 0 Å². The van der Waals surface area contributed by atoms with Crippen LogP contribution in [0.15, 0.2) is 24.3 Å². The summed E-state index contributed by atoms with van der Waals surface area (Å²) in [5, 5.41) is 3.49. The van der Waals surface area contributed by atoms with Crippen LogP contribution in [-0.4, -0.2) is 52.3 Å². The van der Waals surface area contributed by atoms with Crippen molar-refractivity contribution in [1.29, 1.82) is 0 Å².